The number of primary amides is 1. The maximum atomic E-state index is 11.3. The Labute approximate surface area is 207 Å². The van der Waals surface area contributed by atoms with E-state index in [1.54, 1.807) is 22.7 Å². The summed E-state index contributed by atoms with van der Waals surface area (Å²) in [5, 5.41) is 11.4. The number of aryl methyl sites for hydroxylation is 1. The van der Waals surface area contributed by atoms with Crippen molar-refractivity contribution in [3.63, 3.8) is 0 Å². The Morgan fingerprint density at radius 1 is 1.34 bits per heavy atom. The first kappa shape index (κ1) is 28.0. The average molecular weight is 483 g/mol. The van der Waals surface area contributed by atoms with Gasteiger partial charge in [-0.3, -0.25) is 14.0 Å². The number of hydrogen-bond donors (Lipinski definition) is 5. The fraction of sp³-hybridized carbons (Fsp3) is 0.423. The Morgan fingerprint density at radius 2 is 2.11 bits per heavy atom. The highest BCUT2D eigenvalue weighted by Gasteiger charge is 2.16. The minimum absolute atomic E-state index is 0.345. The smallest absolute Gasteiger partial charge is 0.267 e. The highest BCUT2D eigenvalue weighted by molar-refractivity contribution is 5.95. The molecule has 9 heteroatoms. The van der Waals surface area contributed by atoms with Crippen LogP contribution in [0.15, 0.2) is 36.5 Å². The molecule has 4 rings (SSSR count). The van der Waals surface area contributed by atoms with Crippen molar-refractivity contribution < 1.29 is 14.7 Å². The van der Waals surface area contributed by atoms with Gasteiger partial charge in [0.25, 0.3) is 5.91 Å². The van der Waals surface area contributed by atoms with Gasteiger partial charge >= 0.3 is 0 Å². The molecule has 0 radical (unpaired) electrons. The number of rotatable bonds is 8. The van der Waals surface area contributed by atoms with Crippen LogP contribution in [0, 0.1) is 5.92 Å². The zero-order valence-corrected chi connectivity index (χ0v) is 21.1. The molecular weight excluding hydrogens is 444 g/mol. The Morgan fingerprint density at radius 3 is 2.69 bits per heavy atom. The minimum atomic E-state index is -0.535. The third-order valence-corrected chi connectivity index (χ3v) is 5.44. The number of aliphatic hydroxyl groups excluding tert-OH is 1. The van der Waals surface area contributed by atoms with Crippen molar-refractivity contribution in [1.29, 1.82) is 0 Å². The first-order valence-electron chi connectivity index (χ1n) is 12.0. The van der Waals surface area contributed by atoms with Gasteiger partial charge < -0.3 is 21.6 Å². The second-order valence-electron chi connectivity index (χ2n) is 8.66. The maximum Gasteiger partial charge on any atom is 0.267 e. The van der Waals surface area contributed by atoms with Crippen molar-refractivity contribution in [3.8, 4) is 0 Å². The fourth-order valence-corrected chi connectivity index (χ4v) is 3.70. The van der Waals surface area contributed by atoms with E-state index in [2.05, 4.69) is 53.2 Å². The summed E-state index contributed by atoms with van der Waals surface area (Å²) in [6.07, 6.45) is 5.09. The SMILES string of the molecule is CC(C)CCCO.CCc1nc2c(C=O)cccn2c1C(N)=O.CNCc1ccc2c(c1)CNN2. The summed E-state index contributed by atoms with van der Waals surface area (Å²) in [6, 6.07) is 9.81. The number of aliphatic hydroxyl groups is 1. The molecule has 1 aliphatic heterocycles. The Balaban J connectivity index is 0.000000201. The molecule has 190 valence electrons. The molecule has 0 saturated heterocycles. The predicted molar refractivity (Wildman–Crippen MR) is 139 cm³/mol. The Bertz CT molecular complexity index is 1110. The Kier molecular flexibility index (Phi) is 11.4. The third kappa shape index (κ3) is 7.88. The topological polar surface area (TPSA) is 134 Å². The number of carbonyl (C=O) groups is 2. The summed E-state index contributed by atoms with van der Waals surface area (Å²) < 4.78 is 1.56. The van der Waals surface area contributed by atoms with Crippen LogP contribution >= 0.6 is 0 Å². The number of pyridine rings is 1. The van der Waals surface area contributed by atoms with Gasteiger partial charge in [0.1, 0.15) is 11.3 Å². The number of nitrogens with zero attached hydrogens (tertiary/aromatic N) is 2. The van der Waals surface area contributed by atoms with E-state index in [9.17, 15) is 9.59 Å². The Hall–Kier alpha value is -3.27. The van der Waals surface area contributed by atoms with Crippen LogP contribution in [-0.2, 0) is 19.5 Å². The van der Waals surface area contributed by atoms with Gasteiger partial charge in [0.15, 0.2) is 6.29 Å². The molecule has 6 N–H and O–H groups in total. The third-order valence-electron chi connectivity index (χ3n) is 5.44. The summed E-state index contributed by atoms with van der Waals surface area (Å²) in [7, 11) is 1.96. The number of nitrogens with two attached hydrogens (primary N) is 1. The van der Waals surface area contributed by atoms with Crippen molar-refractivity contribution in [2.24, 2.45) is 11.7 Å². The van der Waals surface area contributed by atoms with Crippen molar-refractivity contribution in [3.05, 3.63) is 64.6 Å². The van der Waals surface area contributed by atoms with Gasteiger partial charge in [0.05, 0.1) is 16.9 Å². The molecule has 1 aliphatic rings. The highest BCUT2D eigenvalue weighted by Crippen LogP contribution is 2.20. The van der Waals surface area contributed by atoms with Crippen molar-refractivity contribution in [1.82, 2.24) is 20.1 Å². The molecule has 0 unspecified atom stereocenters. The molecule has 2 aromatic heterocycles. The monoisotopic (exact) mass is 482 g/mol. The lowest BCUT2D eigenvalue weighted by molar-refractivity contribution is 0.0993. The number of amides is 1. The van der Waals surface area contributed by atoms with Crippen LogP contribution in [0.3, 0.4) is 0 Å². The summed E-state index contributed by atoms with van der Waals surface area (Å²) >= 11 is 0. The van der Waals surface area contributed by atoms with E-state index in [1.165, 1.54) is 16.8 Å². The molecule has 1 amide bonds. The van der Waals surface area contributed by atoms with Crippen LogP contribution in [0.4, 0.5) is 5.69 Å². The molecular formula is C26H38N6O3. The lowest BCUT2D eigenvalue weighted by Crippen LogP contribution is -2.15. The van der Waals surface area contributed by atoms with Gasteiger partial charge in [-0.1, -0.05) is 32.9 Å². The number of hydrogen-bond acceptors (Lipinski definition) is 7. The largest absolute Gasteiger partial charge is 0.396 e. The van der Waals surface area contributed by atoms with Crippen LogP contribution in [-0.4, -0.2) is 40.3 Å². The van der Waals surface area contributed by atoms with Gasteiger partial charge in [0.2, 0.25) is 0 Å². The second-order valence-corrected chi connectivity index (χ2v) is 8.66. The van der Waals surface area contributed by atoms with Crippen LogP contribution in [0.25, 0.3) is 5.65 Å². The standard InChI is InChI=1S/C11H11N3O2.C9H13N3.C6H14O/c1-2-8-9(10(12)16)14-5-3-4-7(6-15)11(14)13-8;1-10-5-7-2-3-9-8(4-7)6-11-12-9;1-6(2)4-3-5-7/h3-6H,2H2,1H3,(H2,12,16);2-4,10-12H,5-6H2,1H3;6-7H,3-5H2,1-2H3. The first-order valence-corrected chi connectivity index (χ1v) is 12.0. The summed E-state index contributed by atoms with van der Waals surface area (Å²) in [5.74, 6) is 0.208. The summed E-state index contributed by atoms with van der Waals surface area (Å²) in [4.78, 5) is 26.4. The number of hydrazine groups is 1. The van der Waals surface area contributed by atoms with Gasteiger partial charge in [0, 0.05) is 25.9 Å². The molecule has 1 aromatic carbocycles. The van der Waals surface area contributed by atoms with Gasteiger partial charge in [-0.25, -0.2) is 10.4 Å². The fourth-order valence-electron chi connectivity index (χ4n) is 3.70. The molecule has 0 fully saturated rings. The molecule has 9 nitrogen and oxygen atoms in total. The van der Waals surface area contributed by atoms with Crippen molar-refractivity contribution in [2.75, 3.05) is 19.1 Å². The molecule has 0 bridgehead atoms. The molecule has 0 saturated carbocycles. The van der Waals surface area contributed by atoms with Gasteiger partial charge in [-0.15, -0.1) is 0 Å². The van der Waals surface area contributed by atoms with Crippen LogP contribution < -0.4 is 21.9 Å². The zero-order chi connectivity index (χ0) is 25.8. The number of aromatic nitrogens is 2. The van der Waals surface area contributed by atoms with Crippen LogP contribution in [0.1, 0.15) is 71.3 Å². The molecule has 3 heterocycles. The number of carbonyl (C=O) groups excluding carboxylic acids is 2. The average Bonchev–Trinajstić information content (AvgIpc) is 3.47. The van der Waals surface area contributed by atoms with E-state index in [1.807, 2.05) is 14.0 Å². The normalized spacial score (nSPS) is 11.7. The number of nitrogens with one attached hydrogen (secondary N) is 3. The van der Waals surface area contributed by atoms with Crippen molar-refractivity contribution in [2.45, 2.75) is 53.1 Å². The summed E-state index contributed by atoms with van der Waals surface area (Å²) in [5.41, 5.74) is 17.3. The van der Waals surface area contributed by atoms with E-state index in [4.69, 9.17) is 10.8 Å². The quantitative estimate of drug-likeness (QED) is 0.312. The highest BCUT2D eigenvalue weighted by atomic mass is 16.3. The van der Waals surface area contributed by atoms with E-state index in [0.29, 0.717) is 41.9 Å². The van der Waals surface area contributed by atoms with E-state index in [0.717, 1.165) is 31.8 Å². The number of fused-ring (bicyclic) bond motifs is 2. The first-order chi connectivity index (χ1) is 16.9. The lowest BCUT2D eigenvalue weighted by atomic mass is 10.1. The number of anilines is 1. The number of imidazole rings is 1. The van der Waals surface area contributed by atoms with Gasteiger partial charge in [-0.2, -0.15) is 0 Å². The lowest BCUT2D eigenvalue weighted by Gasteiger charge is -2.02. The van der Waals surface area contributed by atoms with E-state index < -0.39 is 5.91 Å². The van der Waals surface area contributed by atoms with Crippen LogP contribution in [0.2, 0.25) is 0 Å². The van der Waals surface area contributed by atoms with Crippen molar-refractivity contribution >= 4 is 23.5 Å². The van der Waals surface area contributed by atoms with E-state index in [-0.39, 0.29) is 0 Å². The molecule has 0 atom stereocenters. The minimum Gasteiger partial charge on any atom is -0.396 e. The maximum absolute atomic E-state index is 11.3. The second kappa shape index (κ2) is 14.2. The van der Waals surface area contributed by atoms with Crippen LogP contribution in [0.5, 0.6) is 0 Å². The molecule has 0 aliphatic carbocycles. The van der Waals surface area contributed by atoms with E-state index >= 15 is 0 Å². The number of benzene rings is 1. The predicted octanol–water partition coefficient (Wildman–Crippen LogP) is 3.06. The summed E-state index contributed by atoms with van der Waals surface area (Å²) in [6.45, 7) is 8.42. The van der Waals surface area contributed by atoms with Gasteiger partial charge in [-0.05, 0) is 61.6 Å². The molecule has 3 aromatic rings. The number of aldehydes is 1. The zero-order valence-electron chi connectivity index (χ0n) is 21.1. The molecule has 0 spiro atoms. The molecule has 35 heavy (non-hydrogen) atoms.